The van der Waals surface area contributed by atoms with Gasteiger partial charge in [-0.2, -0.15) is 0 Å². The third kappa shape index (κ3) is 2.49. The number of rotatable bonds is 2. The van der Waals surface area contributed by atoms with Crippen LogP contribution in [0, 0.1) is 11.7 Å². The second-order valence-electron chi connectivity index (χ2n) is 4.61. The van der Waals surface area contributed by atoms with Crippen molar-refractivity contribution in [2.75, 3.05) is 5.32 Å². The largest absolute Gasteiger partial charge is 0.380 e. The average molecular weight is 242 g/mol. The Kier molecular flexibility index (Phi) is 3.70. The van der Waals surface area contributed by atoms with Crippen LogP contribution < -0.4 is 5.32 Å². The van der Waals surface area contributed by atoms with E-state index in [4.69, 9.17) is 11.6 Å². The van der Waals surface area contributed by atoms with E-state index in [-0.39, 0.29) is 10.8 Å². The van der Waals surface area contributed by atoms with Crippen molar-refractivity contribution in [1.82, 2.24) is 0 Å². The van der Waals surface area contributed by atoms with Crippen LogP contribution >= 0.6 is 11.6 Å². The van der Waals surface area contributed by atoms with Crippen molar-refractivity contribution in [3.05, 3.63) is 29.0 Å². The summed E-state index contributed by atoms with van der Waals surface area (Å²) in [6, 6.07) is 5.48. The van der Waals surface area contributed by atoms with E-state index in [0.717, 1.165) is 6.42 Å². The molecule has 1 saturated carbocycles. The van der Waals surface area contributed by atoms with Crippen LogP contribution in [0.15, 0.2) is 18.2 Å². The van der Waals surface area contributed by atoms with Gasteiger partial charge in [-0.15, -0.1) is 0 Å². The van der Waals surface area contributed by atoms with Crippen molar-refractivity contribution < 1.29 is 4.39 Å². The topological polar surface area (TPSA) is 12.0 Å². The van der Waals surface area contributed by atoms with Crippen molar-refractivity contribution in [3.63, 3.8) is 0 Å². The van der Waals surface area contributed by atoms with E-state index >= 15 is 0 Å². The Hall–Kier alpha value is -0.760. The van der Waals surface area contributed by atoms with Crippen LogP contribution in [0.3, 0.4) is 0 Å². The fraction of sp³-hybridized carbons (Fsp3) is 0.538. The summed E-state index contributed by atoms with van der Waals surface area (Å²) in [5.74, 6) is 0.272. The molecule has 88 valence electrons. The molecule has 0 heterocycles. The van der Waals surface area contributed by atoms with E-state index in [0.29, 0.717) is 17.6 Å². The predicted octanol–water partition coefficient (Wildman–Crippen LogP) is 4.47. The van der Waals surface area contributed by atoms with Gasteiger partial charge in [0.1, 0.15) is 0 Å². The third-order valence-corrected chi connectivity index (χ3v) is 3.70. The first-order valence-corrected chi connectivity index (χ1v) is 6.27. The summed E-state index contributed by atoms with van der Waals surface area (Å²) in [6.07, 6.45) is 4.86. The first-order chi connectivity index (χ1) is 7.68. The number of hydrogen-bond acceptors (Lipinski definition) is 1. The molecule has 1 aromatic carbocycles. The fourth-order valence-electron chi connectivity index (χ4n) is 2.35. The first-order valence-electron chi connectivity index (χ1n) is 5.89. The average Bonchev–Trinajstić information content (AvgIpc) is 2.28. The summed E-state index contributed by atoms with van der Waals surface area (Å²) in [5.41, 5.74) is 0.534. The first kappa shape index (κ1) is 11.7. The molecule has 1 fully saturated rings. The van der Waals surface area contributed by atoms with Gasteiger partial charge in [0.05, 0.1) is 10.7 Å². The van der Waals surface area contributed by atoms with Gasteiger partial charge in [-0.1, -0.05) is 37.4 Å². The van der Waals surface area contributed by atoms with Gasteiger partial charge < -0.3 is 5.32 Å². The molecule has 1 N–H and O–H groups in total. The van der Waals surface area contributed by atoms with Gasteiger partial charge in [0, 0.05) is 6.04 Å². The summed E-state index contributed by atoms with van der Waals surface area (Å²) in [6.45, 7) is 2.22. The lowest BCUT2D eigenvalue weighted by molar-refractivity contribution is 0.348. The molecule has 0 saturated heterocycles. The molecule has 1 aliphatic rings. The normalized spacial score (nSPS) is 25.4. The number of nitrogens with one attached hydrogen (secondary N) is 1. The van der Waals surface area contributed by atoms with Crippen LogP contribution in [0.1, 0.15) is 32.6 Å². The van der Waals surface area contributed by atoms with Crippen LogP contribution in [0.25, 0.3) is 0 Å². The number of halogens is 2. The molecule has 0 amide bonds. The highest BCUT2D eigenvalue weighted by atomic mass is 35.5. The lowest BCUT2D eigenvalue weighted by Gasteiger charge is -2.30. The molecule has 2 rings (SSSR count). The van der Waals surface area contributed by atoms with Crippen molar-refractivity contribution in [2.45, 2.75) is 38.6 Å². The number of hydrogen-bond donors (Lipinski definition) is 1. The Bertz CT molecular complexity index is 367. The summed E-state index contributed by atoms with van der Waals surface area (Å²) in [5, 5.41) is 3.47. The summed E-state index contributed by atoms with van der Waals surface area (Å²) < 4.78 is 13.7. The third-order valence-electron chi connectivity index (χ3n) is 3.40. The Morgan fingerprint density at radius 3 is 2.81 bits per heavy atom. The van der Waals surface area contributed by atoms with E-state index in [1.165, 1.54) is 19.3 Å². The highest BCUT2D eigenvalue weighted by Crippen LogP contribution is 2.29. The fourth-order valence-corrected chi connectivity index (χ4v) is 2.52. The summed E-state index contributed by atoms with van der Waals surface area (Å²) in [4.78, 5) is 0. The Morgan fingerprint density at radius 2 is 2.06 bits per heavy atom. The molecular weight excluding hydrogens is 225 g/mol. The molecule has 1 nitrogen and oxygen atoms in total. The SMILES string of the molecule is CC1CCCCC1Nc1cccc(Cl)c1F. The highest BCUT2D eigenvalue weighted by Gasteiger charge is 2.22. The molecule has 3 heteroatoms. The molecule has 2 atom stereocenters. The van der Waals surface area contributed by atoms with E-state index in [1.807, 2.05) is 0 Å². The van der Waals surface area contributed by atoms with Gasteiger partial charge in [0.25, 0.3) is 0 Å². The van der Waals surface area contributed by atoms with Crippen molar-refractivity contribution >= 4 is 17.3 Å². The van der Waals surface area contributed by atoms with Gasteiger partial charge in [0.2, 0.25) is 0 Å². The molecule has 16 heavy (non-hydrogen) atoms. The van der Waals surface area contributed by atoms with Gasteiger partial charge in [-0.05, 0) is 30.9 Å². The zero-order chi connectivity index (χ0) is 11.5. The van der Waals surface area contributed by atoms with E-state index < -0.39 is 0 Å². The number of anilines is 1. The van der Waals surface area contributed by atoms with Gasteiger partial charge in [-0.25, -0.2) is 4.39 Å². The minimum atomic E-state index is -0.332. The second-order valence-corrected chi connectivity index (χ2v) is 5.02. The van der Waals surface area contributed by atoms with E-state index in [1.54, 1.807) is 18.2 Å². The van der Waals surface area contributed by atoms with Crippen LogP contribution in [-0.2, 0) is 0 Å². The highest BCUT2D eigenvalue weighted by molar-refractivity contribution is 6.31. The lowest BCUT2D eigenvalue weighted by Crippen LogP contribution is -2.30. The molecule has 1 aliphatic carbocycles. The zero-order valence-electron chi connectivity index (χ0n) is 9.47. The molecule has 2 unspecified atom stereocenters. The monoisotopic (exact) mass is 241 g/mol. The van der Waals surface area contributed by atoms with Crippen molar-refractivity contribution in [1.29, 1.82) is 0 Å². The van der Waals surface area contributed by atoms with E-state index in [2.05, 4.69) is 12.2 Å². The minimum Gasteiger partial charge on any atom is -0.380 e. The van der Waals surface area contributed by atoms with Crippen LogP contribution in [0.4, 0.5) is 10.1 Å². The maximum Gasteiger partial charge on any atom is 0.164 e. The zero-order valence-corrected chi connectivity index (χ0v) is 10.2. The molecule has 0 bridgehead atoms. The van der Waals surface area contributed by atoms with E-state index in [9.17, 15) is 4.39 Å². The Labute approximate surface area is 101 Å². The lowest BCUT2D eigenvalue weighted by atomic mass is 9.86. The Morgan fingerprint density at radius 1 is 1.31 bits per heavy atom. The van der Waals surface area contributed by atoms with Crippen LogP contribution in [0.2, 0.25) is 5.02 Å². The Balaban J connectivity index is 2.10. The standard InChI is InChI=1S/C13H17ClFN/c1-9-5-2-3-7-11(9)16-12-8-4-6-10(14)13(12)15/h4,6,8-9,11,16H,2-3,5,7H2,1H3. The molecule has 0 radical (unpaired) electrons. The molecular formula is C13H17ClFN. The van der Waals surface area contributed by atoms with Gasteiger partial charge in [0.15, 0.2) is 5.82 Å². The maximum absolute atomic E-state index is 13.7. The van der Waals surface area contributed by atoms with Gasteiger partial charge >= 0.3 is 0 Å². The van der Waals surface area contributed by atoms with Crippen molar-refractivity contribution in [2.24, 2.45) is 5.92 Å². The second kappa shape index (κ2) is 5.05. The maximum atomic E-state index is 13.7. The minimum absolute atomic E-state index is 0.188. The quantitative estimate of drug-likeness (QED) is 0.806. The van der Waals surface area contributed by atoms with Crippen LogP contribution in [0.5, 0.6) is 0 Å². The van der Waals surface area contributed by atoms with Crippen LogP contribution in [-0.4, -0.2) is 6.04 Å². The molecule has 0 aliphatic heterocycles. The summed E-state index contributed by atoms with van der Waals surface area (Å²) in [7, 11) is 0. The molecule has 0 spiro atoms. The smallest absolute Gasteiger partial charge is 0.164 e. The van der Waals surface area contributed by atoms with Gasteiger partial charge in [-0.3, -0.25) is 0 Å². The number of benzene rings is 1. The summed E-state index contributed by atoms with van der Waals surface area (Å²) >= 11 is 5.75. The van der Waals surface area contributed by atoms with Crippen molar-refractivity contribution in [3.8, 4) is 0 Å². The molecule has 1 aromatic rings. The predicted molar refractivity (Wildman–Crippen MR) is 66.5 cm³/mol. The molecule has 0 aromatic heterocycles.